The van der Waals surface area contributed by atoms with Gasteiger partial charge in [-0.2, -0.15) is 0 Å². The molecule has 21 heavy (non-hydrogen) atoms. The Bertz CT molecular complexity index is 610. The number of nitrogens with zero attached hydrogens (tertiary/aromatic N) is 1. The van der Waals surface area contributed by atoms with Crippen LogP contribution in [0.2, 0.25) is 5.02 Å². The van der Waals surface area contributed by atoms with E-state index in [1.54, 1.807) is 23.5 Å². The van der Waals surface area contributed by atoms with Gasteiger partial charge < -0.3 is 5.32 Å². The van der Waals surface area contributed by atoms with Crippen LogP contribution in [0.5, 0.6) is 0 Å². The average molecular weight is 327 g/mol. The van der Waals surface area contributed by atoms with Crippen LogP contribution < -0.4 is 5.32 Å². The van der Waals surface area contributed by atoms with Crippen LogP contribution >= 0.6 is 22.9 Å². The first-order valence-electron chi connectivity index (χ1n) is 7.04. The number of hydrogen-bond donors (Lipinski definition) is 1. The second-order valence-electron chi connectivity index (χ2n) is 5.69. The highest BCUT2D eigenvalue weighted by atomic mass is 35.5. The number of thiazole rings is 1. The van der Waals surface area contributed by atoms with E-state index in [0.717, 1.165) is 16.3 Å². The van der Waals surface area contributed by atoms with E-state index in [-0.39, 0.29) is 17.1 Å². The van der Waals surface area contributed by atoms with E-state index in [4.69, 9.17) is 16.6 Å². The third-order valence-corrected chi connectivity index (χ3v) is 4.37. The number of aromatic nitrogens is 1. The third kappa shape index (κ3) is 4.02. The molecule has 2 aromatic rings. The Balaban J connectivity index is 2.39. The molecule has 1 unspecified atom stereocenters. The van der Waals surface area contributed by atoms with Gasteiger partial charge in [-0.3, -0.25) is 0 Å². The molecule has 0 radical (unpaired) electrons. The normalized spacial score (nSPS) is 13.1. The third-order valence-electron chi connectivity index (χ3n) is 3.16. The molecule has 2 nitrogen and oxygen atoms in total. The fourth-order valence-electron chi connectivity index (χ4n) is 2.03. The predicted octanol–water partition coefficient (Wildman–Crippen LogP) is 5.15. The molecule has 0 amide bonds. The van der Waals surface area contributed by atoms with Crippen LogP contribution in [0, 0.1) is 5.82 Å². The Morgan fingerprint density at radius 2 is 1.95 bits per heavy atom. The fraction of sp³-hybridized carbons (Fsp3) is 0.438. The van der Waals surface area contributed by atoms with Crippen molar-refractivity contribution < 1.29 is 4.39 Å². The molecule has 0 bridgehead atoms. The molecular formula is C16H20ClFN2S. The minimum atomic E-state index is -0.397. The first kappa shape index (κ1) is 16.4. The molecule has 1 atom stereocenters. The van der Waals surface area contributed by atoms with Crippen molar-refractivity contribution in [3.05, 3.63) is 50.7 Å². The molecular weight excluding hydrogens is 307 g/mol. The van der Waals surface area contributed by atoms with Crippen LogP contribution in [0.1, 0.15) is 55.9 Å². The van der Waals surface area contributed by atoms with Gasteiger partial charge in [-0.15, -0.1) is 11.3 Å². The van der Waals surface area contributed by atoms with E-state index < -0.39 is 5.82 Å². The van der Waals surface area contributed by atoms with Gasteiger partial charge in [0.25, 0.3) is 0 Å². The zero-order valence-electron chi connectivity index (χ0n) is 12.7. The van der Waals surface area contributed by atoms with Crippen LogP contribution in [-0.2, 0) is 0 Å². The van der Waals surface area contributed by atoms with Crippen LogP contribution in [0.4, 0.5) is 4.39 Å². The predicted molar refractivity (Wildman–Crippen MR) is 87.7 cm³/mol. The Kier molecular flexibility index (Phi) is 5.36. The highest BCUT2D eigenvalue weighted by Crippen LogP contribution is 2.30. The van der Waals surface area contributed by atoms with E-state index in [1.807, 2.05) is 0 Å². The molecule has 0 fully saturated rings. The van der Waals surface area contributed by atoms with Gasteiger partial charge in [0.2, 0.25) is 0 Å². The lowest BCUT2D eigenvalue weighted by molar-refractivity contribution is 0.524. The second kappa shape index (κ2) is 6.86. The summed E-state index contributed by atoms with van der Waals surface area (Å²) in [6, 6.07) is 5.06. The maximum atomic E-state index is 13.4. The summed E-state index contributed by atoms with van der Waals surface area (Å²) in [6.45, 7) is 8.40. The van der Waals surface area contributed by atoms with Crippen LogP contribution in [0.25, 0.3) is 0 Å². The monoisotopic (exact) mass is 326 g/mol. The van der Waals surface area contributed by atoms with Crippen molar-refractivity contribution in [1.29, 1.82) is 0 Å². The topological polar surface area (TPSA) is 24.9 Å². The van der Waals surface area contributed by atoms with Gasteiger partial charge in [-0.25, -0.2) is 9.37 Å². The highest BCUT2D eigenvalue weighted by molar-refractivity contribution is 7.09. The standard InChI is InChI=1S/C16H20ClFN2S/c1-9(2)14-8-21-16(20-14)15(19-10(3)4)11-5-6-13(18)12(17)7-11/h5-10,15,19H,1-4H3. The van der Waals surface area contributed by atoms with Gasteiger partial charge >= 0.3 is 0 Å². The molecule has 1 N–H and O–H groups in total. The lowest BCUT2D eigenvalue weighted by atomic mass is 10.1. The Hall–Kier alpha value is -0.970. The smallest absolute Gasteiger partial charge is 0.141 e. The summed E-state index contributed by atoms with van der Waals surface area (Å²) in [4.78, 5) is 4.71. The van der Waals surface area contributed by atoms with Crippen molar-refractivity contribution in [3.8, 4) is 0 Å². The second-order valence-corrected chi connectivity index (χ2v) is 6.99. The number of nitrogens with one attached hydrogen (secondary N) is 1. The minimum Gasteiger partial charge on any atom is -0.302 e. The molecule has 0 aliphatic carbocycles. The Morgan fingerprint density at radius 1 is 1.24 bits per heavy atom. The molecule has 0 spiro atoms. The van der Waals surface area contributed by atoms with E-state index in [9.17, 15) is 4.39 Å². The Labute approximate surface area is 134 Å². The van der Waals surface area contributed by atoms with Gasteiger partial charge in [0.15, 0.2) is 0 Å². The summed E-state index contributed by atoms with van der Waals surface area (Å²) < 4.78 is 13.4. The largest absolute Gasteiger partial charge is 0.302 e. The molecule has 0 saturated carbocycles. The summed E-state index contributed by atoms with van der Waals surface area (Å²) in [5, 5.41) is 6.69. The summed E-state index contributed by atoms with van der Waals surface area (Å²) in [6.07, 6.45) is 0. The highest BCUT2D eigenvalue weighted by Gasteiger charge is 2.20. The number of benzene rings is 1. The molecule has 0 saturated heterocycles. The molecule has 0 aliphatic rings. The maximum Gasteiger partial charge on any atom is 0.141 e. The summed E-state index contributed by atoms with van der Waals surface area (Å²) in [5.41, 5.74) is 2.01. The lowest BCUT2D eigenvalue weighted by Gasteiger charge is -2.20. The zero-order valence-corrected chi connectivity index (χ0v) is 14.2. The van der Waals surface area contributed by atoms with Crippen molar-refractivity contribution in [2.45, 2.75) is 45.7 Å². The number of rotatable bonds is 5. The summed E-state index contributed by atoms with van der Waals surface area (Å²) in [7, 11) is 0. The van der Waals surface area contributed by atoms with E-state index in [1.165, 1.54) is 6.07 Å². The zero-order chi connectivity index (χ0) is 15.6. The summed E-state index contributed by atoms with van der Waals surface area (Å²) >= 11 is 7.54. The van der Waals surface area contributed by atoms with Gasteiger partial charge in [-0.1, -0.05) is 31.5 Å². The number of halogens is 2. The first-order valence-corrected chi connectivity index (χ1v) is 8.30. The summed E-state index contributed by atoms with van der Waals surface area (Å²) in [5.74, 6) is -0.00257. The molecule has 0 aliphatic heterocycles. The maximum absolute atomic E-state index is 13.4. The van der Waals surface area contributed by atoms with Gasteiger partial charge in [0, 0.05) is 11.4 Å². The van der Waals surface area contributed by atoms with Crippen LogP contribution in [0.15, 0.2) is 23.6 Å². The SMILES string of the molecule is CC(C)NC(c1ccc(F)c(Cl)c1)c1nc(C(C)C)cs1. The fourth-order valence-corrected chi connectivity index (χ4v) is 3.29. The van der Waals surface area contributed by atoms with E-state index >= 15 is 0 Å². The average Bonchev–Trinajstić information content (AvgIpc) is 2.89. The van der Waals surface area contributed by atoms with E-state index in [0.29, 0.717) is 5.92 Å². The van der Waals surface area contributed by atoms with Crippen molar-refractivity contribution in [1.82, 2.24) is 10.3 Å². The van der Waals surface area contributed by atoms with E-state index in [2.05, 4.69) is 38.4 Å². The molecule has 114 valence electrons. The van der Waals surface area contributed by atoms with Gasteiger partial charge in [0.05, 0.1) is 16.8 Å². The van der Waals surface area contributed by atoms with Gasteiger partial charge in [0.1, 0.15) is 10.8 Å². The Morgan fingerprint density at radius 3 is 2.48 bits per heavy atom. The molecule has 2 rings (SSSR count). The van der Waals surface area contributed by atoms with Crippen molar-refractivity contribution in [3.63, 3.8) is 0 Å². The van der Waals surface area contributed by atoms with Gasteiger partial charge in [-0.05, 0) is 37.5 Å². The van der Waals surface area contributed by atoms with Crippen molar-refractivity contribution >= 4 is 22.9 Å². The molecule has 1 aromatic carbocycles. The van der Waals surface area contributed by atoms with Crippen molar-refractivity contribution in [2.24, 2.45) is 0 Å². The van der Waals surface area contributed by atoms with Crippen LogP contribution in [-0.4, -0.2) is 11.0 Å². The van der Waals surface area contributed by atoms with Crippen molar-refractivity contribution in [2.75, 3.05) is 0 Å². The number of hydrogen-bond acceptors (Lipinski definition) is 3. The molecule has 5 heteroatoms. The minimum absolute atomic E-state index is 0.0689. The lowest BCUT2D eigenvalue weighted by Crippen LogP contribution is -2.29. The van der Waals surface area contributed by atoms with Crippen LogP contribution in [0.3, 0.4) is 0 Å². The molecule has 1 heterocycles. The first-order chi connectivity index (χ1) is 9.88. The molecule has 1 aromatic heterocycles. The quantitative estimate of drug-likeness (QED) is 0.822.